The SMILES string of the molecule is CC1CCCN(S(=O)(=O)c2ccc(Nc3ncc4c([n+]3[O-])-c3ccc(Cl)cc3NCC4)cc2)C1. The van der Waals surface area contributed by atoms with Gasteiger partial charge in [0.15, 0.2) is 0 Å². The average molecular weight is 500 g/mol. The minimum absolute atomic E-state index is 0.113. The molecule has 2 N–H and O–H groups in total. The van der Waals surface area contributed by atoms with E-state index in [9.17, 15) is 13.6 Å². The molecule has 5 rings (SSSR count). The Balaban J connectivity index is 1.42. The van der Waals surface area contributed by atoms with E-state index < -0.39 is 10.0 Å². The molecule has 2 aromatic carbocycles. The second-order valence-corrected chi connectivity index (χ2v) is 11.3. The molecule has 0 amide bonds. The maximum absolute atomic E-state index is 13.3. The van der Waals surface area contributed by atoms with Crippen molar-refractivity contribution < 1.29 is 13.1 Å². The molecule has 34 heavy (non-hydrogen) atoms. The number of benzene rings is 2. The summed E-state index contributed by atoms with van der Waals surface area (Å²) in [4.78, 5) is 4.58. The normalized spacial score (nSPS) is 18.4. The quantitative estimate of drug-likeness (QED) is 0.412. The summed E-state index contributed by atoms with van der Waals surface area (Å²) in [5.41, 5.74) is 3.49. The Labute approximate surface area is 204 Å². The summed E-state index contributed by atoms with van der Waals surface area (Å²) >= 11 is 6.14. The predicted octanol–water partition coefficient (Wildman–Crippen LogP) is 4.17. The summed E-state index contributed by atoms with van der Waals surface area (Å²) in [6.45, 7) is 3.83. The van der Waals surface area contributed by atoms with E-state index in [1.54, 1.807) is 40.8 Å². The molecule has 2 aliphatic heterocycles. The van der Waals surface area contributed by atoms with Gasteiger partial charge in [0.2, 0.25) is 10.0 Å². The fourth-order valence-electron chi connectivity index (χ4n) is 4.59. The van der Waals surface area contributed by atoms with Crippen LogP contribution in [0.2, 0.25) is 5.02 Å². The molecule has 3 aromatic rings. The van der Waals surface area contributed by atoms with Crippen LogP contribution in [0.15, 0.2) is 53.6 Å². The van der Waals surface area contributed by atoms with Crippen molar-refractivity contribution in [2.45, 2.75) is 31.1 Å². The molecule has 0 aliphatic carbocycles. The van der Waals surface area contributed by atoms with Crippen molar-refractivity contribution in [3.8, 4) is 11.3 Å². The van der Waals surface area contributed by atoms with Crippen molar-refractivity contribution in [3.05, 3.63) is 64.5 Å². The maximum atomic E-state index is 13.3. The van der Waals surface area contributed by atoms with E-state index in [0.29, 0.717) is 48.4 Å². The third-order valence-corrected chi connectivity index (χ3v) is 8.47. The predicted molar refractivity (Wildman–Crippen MR) is 133 cm³/mol. The molecule has 1 atom stereocenters. The van der Waals surface area contributed by atoms with E-state index in [1.165, 1.54) is 0 Å². The van der Waals surface area contributed by atoms with Gasteiger partial charge in [0, 0.05) is 41.5 Å². The fraction of sp³-hybridized carbons (Fsp3) is 0.333. The number of halogens is 1. The third-order valence-electron chi connectivity index (χ3n) is 6.36. The van der Waals surface area contributed by atoms with Crippen molar-refractivity contribution in [1.82, 2.24) is 9.29 Å². The van der Waals surface area contributed by atoms with Gasteiger partial charge in [0.05, 0.1) is 10.6 Å². The molecule has 1 aromatic heterocycles. The lowest BCUT2D eigenvalue weighted by molar-refractivity contribution is -0.581. The van der Waals surface area contributed by atoms with Gasteiger partial charge in [0.1, 0.15) is 11.9 Å². The molecule has 3 heterocycles. The molecule has 8 nitrogen and oxygen atoms in total. The first-order valence-electron chi connectivity index (χ1n) is 11.4. The standard InChI is InChI=1S/C24H26ClN5O3S/c1-16-3-2-12-29(15-16)34(32,33)20-7-5-19(6-8-20)28-24-27-14-17-10-11-26-22-13-18(25)4-9-21(22)23(17)30(24)31/h4-9,13-14,16,26H,2-3,10-12,15H2,1H3,(H,27,28). The number of hydrogen-bond acceptors (Lipinski definition) is 6. The summed E-state index contributed by atoms with van der Waals surface area (Å²) in [6, 6.07) is 11.8. The van der Waals surface area contributed by atoms with Gasteiger partial charge in [-0.05, 0) is 67.6 Å². The summed E-state index contributed by atoms with van der Waals surface area (Å²) in [5, 5.41) is 20.2. The van der Waals surface area contributed by atoms with E-state index in [4.69, 9.17) is 11.6 Å². The maximum Gasteiger partial charge on any atom is 0.397 e. The van der Waals surface area contributed by atoms with Gasteiger partial charge in [0.25, 0.3) is 0 Å². The van der Waals surface area contributed by atoms with Crippen LogP contribution in [0.25, 0.3) is 11.3 Å². The third kappa shape index (κ3) is 4.31. The Hall–Kier alpha value is -2.88. The number of nitrogens with zero attached hydrogens (tertiary/aromatic N) is 3. The lowest BCUT2D eigenvalue weighted by atomic mass is 10.0. The van der Waals surface area contributed by atoms with Crippen LogP contribution in [-0.2, 0) is 16.4 Å². The molecule has 0 radical (unpaired) electrons. The van der Waals surface area contributed by atoms with Crippen LogP contribution >= 0.6 is 11.6 Å². The van der Waals surface area contributed by atoms with Crippen LogP contribution < -0.4 is 15.4 Å². The Morgan fingerprint density at radius 2 is 2.03 bits per heavy atom. The average Bonchev–Trinajstić information content (AvgIpc) is 3.00. The highest BCUT2D eigenvalue weighted by atomic mass is 35.5. The van der Waals surface area contributed by atoms with E-state index in [0.717, 1.165) is 34.4 Å². The molecule has 1 saturated heterocycles. The van der Waals surface area contributed by atoms with Crippen LogP contribution in [0, 0.1) is 11.1 Å². The number of nitrogens with one attached hydrogen (secondary N) is 2. The Kier molecular flexibility index (Phi) is 6.09. The molecule has 0 spiro atoms. The molecule has 10 heteroatoms. The van der Waals surface area contributed by atoms with E-state index in [2.05, 4.69) is 22.5 Å². The van der Waals surface area contributed by atoms with Crippen molar-refractivity contribution in [1.29, 1.82) is 0 Å². The van der Waals surface area contributed by atoms with Gasteiger partial charge in [-0.2, -0.15) is 4.31 Å². The zero-order valence-electron chi connectivity index (χ0n) is 18.8. The summed E-state index contributed by atoms with van der Waals surface area (Å²) < 4.78 is 28.4. The van der Waals surface area contributed by atoms with E-state index >= 15 is 0 Å². The number of piperidine rings is 1. The molecule has 0 bridgehead atoms. The highest BCUT2D eigenvalue weighted by Crippen LogP contribution is 2.33. The number of rotatable bonds is 4. The Morgan fingerprint density at radius 1 is 1.24 bits per heavy atom. The number of hydrogen-bond donors (Lipinski definition) is 2. The minimum Gasteiger partial charge on any atom is -0.740 e. The van der Waals surface area contributed by atoms with Gasteiger partial charge in [-0.25, -0.2) is 18.5 Å². The van der Waals surface area contributed by atoms with Gasteiger partial charge in [-0.1, -0.05) is 23.5 Å². The van der Waals surface area contributed by atoms with Crippen LogP contribution in [0.1, 0.15) is 25.3 Å². The largest absolute Gasteiger partial charge is 0.740 e. The van der Waals surface area contributed by atoms with Gasteiger partial charge in [-0.3, -0.25) is 0 Å². The first-order valence-corrected chi connectivity index (χ1v) is 13.2. The zero-order chi connectivity index (χ0) is 23.9. The lowest BCUT2D eigenvalue weighted by Gasteiger charge is -2.30. The summed E-state index contributed by atoms with van der Waals surface area (Å²) in [7, 11) is -3.54. The number of sulfonamides is 1. The highest BCUT2D eigenvalue weighted by Gasteiger charge is 2.29. The first-order chi connectivity index (χ1) is 16.3. The number of anilines is 3. The Morgan fingerprint density at radius 3 is 2.79 bits per heavy atom. The monoisotopic (exact) mass is 499 g/mol. The van der Waals surface area contributed by atoms with Crippen LogP contribution in [0.4, 0.5) is 17.3 Å². The van der Waals surface area contributed by atoms with Crippen molar-refractivity contribution in [2.24, 2.45) is 5.92 Å². The molecular weight excluding hydrogens is 474 g/mol. The van der Waals surface area contributed by atoms with Gasteiger partial charge in [-0.15, -0.1) is 0 Å². The molecule has 1 unspecified atom stereocenters. The first kappa shape index (κ1) is 22.9. The molecule has 178 valence electrons. The fourth-order valence-corrected chi connectivity index (χ4v) is 6.36. The summed E-state index contributed by atoms with van der Waals surface area (Å²) in [5.74, 6) is 0.467. The van der Waals surface area contributed by atoms with Gasteiger partial charge < -0.3 is 10.5 Å². The minimum atomic E-state index is -3.54. The van der Waals surface area contributed by atoms with Crippen LogP contribution in [-0.4, -0.2) is 37.3 Å². The molecular formula is C24H26ClN5O3S. The molecule has 1 fully saturated rings. The van der Waals surface area contributed by atoms with Crippen LogP contribution in [0.3, 0.4) is 0 Å². The lowest BCUT2D eigenvalue weighted by Crippen LogP contribution is -2.39. The van der Waals surface area contributed by atoms with E-state index in [1.807, 2.05) is 12.1 Å². The van der Waals surface area contributed by atoms with Gasteiger partial charge >= 0.3 is 5.95 Å². The highest BCUT2D eigenvalue weighted by molar-refractivity contribution is 7.89. The number of aromatic nitrogens is 2. The van der Waals surface area contributed by atoms with Crippen molar-refractivity contribution in [2.75, 3.05) is 30.3 Å². The smallest absolute Gasteiger partial charge is 0.397 e. The zero-order valence-corrected chi connectivity index (χ0v) is 20.4. The Bertz CT molecular complexity index is 1330. The summed E-state index contributed by atoms with van der Waals surface area (Å²) in [6.07, 6.45) is 4.27. The van der Waals surface area contributed by atoms with Crippen molar-refractivity contribution >= 4 is 38.9 Å². The van der Waals surface area contributed by atoms with E-state index in [-0.39, 0.29) is 10.8 Å². The number of fused-ring (bicyclic) bond motifs is 3. The van der Waals surface area contributed by atoms with Crippen LogP contribution in [0.5, 0.6) is 0 Å². The topological polar surface area (TPSA) is 101 Å². The molecule has 0 saturated carbocycles. The second kappa shape index (κ2) is 9.05. The van der Waals surface area contributed by atoms with Crippen molar-refractivity contribution in [3.63, 3.8) is 0 Å². The second-order valence-electron chi connectivity index (χ2n) is 8.88. The molecule has 2 aliphatic rings.